The maximum Gasteiger partial charge on any atom is 0.201 e. The first-order valence-electron chi connectivity index (χ1n) is 5.94. The molecule has 0 saturated carbocycles. The molecule has 2 rings (SSSR count). The van der Waals surface area contributed by atoms with Crippen LogP contribution in [0, 0.1) is 0 Å². The van der Waals surface area contributed by atoms with Gasteiger partial charge in [0.05, 0.1) is 33.4 Å². The van der Waals surface area contributed by atoms with Crippen molar-refractivity contribution in [2.24, 2.45) is 0 Å². The Labute approximate surface area is 132 Å². The van der Waals surface area contributed by atoms with Crippen molar-refractivity contribution in [1.29, 1.82) is 0 Å². The van der Waals surface area contributed by atoms with E-state index >= 15 is 0 Å². The Hall–Kier alpha value is -1.15. The van der Waals surface area contributed by atoms with E-state index < -0.39 is 22.2 Å². The third-order valence-corrected chi connectivity index (χ3v) is 5.04. The van der Waals surface area contributed by atoms with Gasteiger partial charge in [0.25, 0.3) is 0 Å². The highest BCUT2D eigenvalue weighted by Crippen LogP contribution is 2.29. The van der Waals surface area contributed by atoms with Gasteiger partial charge < -0.3 is 10.0 Å². The molecule has 1 aromatic carbocycles. The van der Waals surface area contributed by atoms with Gasteiger partial charge in [-0.05, 0) is 12.1 Å². The summed E-state index contributed by atoms with van der Waals surface area (Å²) in [4.78, 5) is 9.97. The molecule has 9 heteroatoms. The van der Waals surface area contributed by atoms with E-state index in [2.05, 4.69) is 9.97 Å². The Balaban J connectivity index is 2.80. The van der Waals surface area contributed by atoms with Crippen molar-refractivity contribution in [3.8, 4) is 0 Å². The molecule has 2 aromatic rings. The van der Waals surface area contributed by atoms with E-state index in [1.165, 1.54) is 12.1 Å². The molecule has 6 nitrogen and oxygen atoms in total. The zero-order valence-corrected chi connectivity index (χ0v) is 13.7. The van der Waals surface area contributed by atoms with Crippen molar-refractivity contribution >= 4 is 49.9 Å². The fourth-order valence-corrected chi connectivity index (χ4v) is 3.24. The Bertz CT molecular complexity index is 794. The minimum atomic E-state index is -3.74. The molecule has 0 aliphatic rings. The molecule has 0 fully saturated rings. The molecular weight excluding hydrogens is 337 g/mol. The number of rotatable bonds is 4. The molecule has 1 N–H and O–H groups in total. The van der Waals surface area contributed by atoms with Crippen LogP contribution in [-0.2, 0) is 9.84 Å². The van der Waals surface area contributed by atoms with Crippen molar-refractivity contribution in [3.63, 3.8) is 0 Å². The third-order valence-electron chi connectivity index (χ3n) is 2.74. The van der Waals surface area contributed by atoms with Crippen molar-refractivity contribution in [3.05, 3.63) is 22.2 Å². The molecule has 1 heterocycles. The highest BCUT2D eigenvalue weighted by molar-refractivity contribution is 7.91. The van der Waals surface area contributed by atoms with Gasteiger partial charge in [0.15, 0.2) is 10.8 Å². The lowest BCUT2D eigenvalue weighted by Crippen LogP contribution is -2.20. The standard InChI is InChI=1S/C12H13Cl2N3O3S/c1-17(2)11-12(21(19,20)4-3-18)16-10-6-8(14)7(13)5-9(10)15-11/h5-6,18H,3-4H2,1-2H3. The minimum Gasteiger partial charge on any atom is -0.395 e. The summed E-state index contributed by atoms with van der Waals surface area (Å²) < 4.78 is 24.4. The summed E-state index contributed by atoms with van der Waals surface area (Å²) in [5, 5.41) is 9.30. The van der Waals surface area contributed by atoms with Crippen LogP contribution in [0.1, 0.15) is 0 Å². The van der Waals surface area contributed by atoms with Crippen LogP contribution in [0.3, 0.4) is 0 Å². The van der Waals surface area contributed by atoms with Gasteiger partial charge in [-0.2, -0.15) is 0 Å². The maximum atomic E-state index is 12.2. The van der Waals surface area contributed by atoms with Crippen LogP contribution < -0.4 is 4.90 Å². The lowest BCUT2D eigenvalue weighted by Gasteiger charge is -2.16. The van der Waals surface area contributed by atoms with Gasteiger partial charge in [-0.25, -0.2) is 18.4 Å². The number of aliphatic hydroxyl groups is 1. The summed E-state index contributed by atoms with van der Waals surface area (Å²) in [7, 11) is -0.426. The van der Waals surface area contributed by atoms with Crippen LogP contribution in [0.2, 0.25) is 10.0 Å². The zero-order valence-electron chi connectivity index (χ0n) is 11.3. The first kappa shape index (κ1) is 16.2. The highest BCUT2D eigenvalue weighted by Gasteiger charge is 2.24. The number of hydrogen-bond donors (Lipinski definition) is 1. The average Bonchev–Trinajstić information content (AvgIpc) is 2.38. The molecule has 0 atom stereocenters. The Morgan fingerprint density at radius 3 is 2.14 bits per heavy atom. The second kappa shape index (κ2) is 5.92. The second-order valence-electron chi connectivity index (χ2n) is 4.54. The predicted octanol–water partition coefficient (Wildman–Crippen LogP) is 1.77. The second-order valence-corrected chi connectivity index (χ2v) is 7.38. The van der Waals surface area contributed by atoms with Gasteiger partial charge in [-0.3, -0.25) is 0 Å². The summed E-state index contributed by atoms with van der Waals surface area (Å²) in [6.07, 6.45) is 0. The molecule has 0 radical (unpaired) electrons. The van der Waals surface area contributed by atoms with Crippen LogP contribution in [0.15, 0.2) is 17.2 Å². The van der Waals surface area contributed by atoms with E-state index in [9.17, 15) is 8.42 Å². The van der Waals surface area contributed by atoms with E-state index in [4.69, 9.17) is 28.3 Å². The zero-order chi connectivity index (χ0) is 15.8. The van der Waals surface area contributed by atoms with E-state index in [1.54, 1.807) is 19.0 Å². The van der Waals surface area contributed by atoms with E-state index in [1.807, 2.05) is 0 Å². The maximum absolute atomic E-state index is 12.2. The first-order valence-corrected chi connectivity index (χ1v) is 8.35. The summed E-state index contributed by atoms with van der Waals surface area (Å²) in [6.45, 7) is -0.490. The van der Waals surface area contributed by atoms with Gasteiger partial charge in [0.2, 0.25) is 9.84 Å². The largest absolute Gasteiger partial charge is 0.395 e. The van der Waals surface area contributed by atoms with Crippen LogP contribution in [0.25, 0.3) is 11.0 Å². The number of halogens is 2. The Morgan fingerprint density at radius 2 is 1.67 bits per heavy atom. The van der Waals surface area contributed by atoms with Crippen molar-refractivity contribution in [2.45, 2.75) is 5.03 Å². The molecule has 0 bridgehead atoms. The normalized spacial score (nSPS) is 11.9. The molecule has 0 spiro atoms. The van der Waals surface area contributed by atoms with Gasteiger partial charge in [-0.15, -0.1) is 0 Å². The predicted molar refractivity (Wildman–Crippen MR) is 83.0 cm³/mol. The highest BCUT2D eigenvalue weighted by atomic mass is 35.5. The minimum absolute atomic E-state index is 0.188. The summed E-state index contributed by atoms with van der Waals surface area (Å²) in [5.41, 5.74) is 0.766. The molecule has 1 aromatic heterocycles. The lowest BCUT2D eigenvalue weighted by atomic mass is 10.3. The van der Waals surface area contributed by atoms with Gasteiger partial charge in [-0.1, -0.05) is 23.2 Å². The number of fused-ring (bicyclic) bond motifs is 1. The molecule has 0 amide bonds. The van der Waals surface area contributed by atoms with Crippen molar-refractivity contribution < 1.29 is 13.5 Å². The van der Waals surface area contributed by atoms with Gasteiger partial charge in [0, 0.05) is 14.1 Å². The van der Waals surface area contributed by atoms with Gasteiger partial charge >= 0.3 is 0 Å². The number of nitrogens with zero attached hydrogens (tertiary/aromatic N) is 3. The Kier molecular flexibility index (Phi) is 4.57. The number of sulfone groups is 1. The van der Waals surface area contributed by atoms with Crippen LogP contribution in [-0.4, -0.2) is 49.9 Å². The van der Waals surface area contributed by atoms with E-state index in [0.717, 1.165) is 0 Å². The molecule has 0 aliphatic carbocycles. The fraction of sp³-hybridized carbons (Fsp3) is 0.333. The molecule has 114 valence electrons. The fourth-order valence-electron chi connectivity index (χ4n) is 1.74. The molecule has 0 saturated heterocycles. The number of anilines is 1. The third kappa shape index (κ3) is 3.21. The average molecular weight is 350 g/mol. The summed E-state index contributed by atoms with van der Waals surface area (Å²) in [6, 6.07) is 2.99. The summed E-state index contributed by atoms with van der Waals surface area (Å²) >= 11 is 11.9. The first-order chi connectivity index (χ1) is 9.76. The van der Waals surface area contributed by atoms with Gasteiger partial charge in [0.1, 0.15) is 0 Å². The number of aliphatic hydroxyl groups excluding tert-OH is 1. The molecular formula is C12H13Cl2N3O3S. The Morgan fingerprint density at radius 1 is 1.14 bits per heavy atom. The summed E-state index contributed by atoms with van der Waals surface area (Å²) in [5.74, 6) is -0.232. The number of benzene rings is 1. The van der Waals surface area contributed by atoms with Crippen molar-refractivity contribution in [1.82, 2.24) is 9.97 Å². The van der Waals surface area contributed by atoms with Crippen molar-refractivity contribution in [2.75, 3.05) is 31.4 Å². The van der Waals surface area contributed by atoms with E-state index in [-0.39, 0.29) is 15.9 Å². The van der Waals surface area contributed by atoms with E-state index in [0.29, 0.717) is 16.1 Å². The SMILES string of the molecule is CN(C)c1nc2cc(Cl)c(Cl)cc2nc1S(=O)(=O)CCO. The van der Waals surface area contributed by atoms with Crippen LogP contribution >= 0.6 is 23.2 Å². The smallest absolute Gasteiger partial charge is 0.201 e. The quantitative estimate of drug-likeness (QED) is 0.905. The topological polar surface area (TPSA) is 83.4 Å². The monoisotopic (exact) mass is 349 g/mol. The number of hydrogen-bond acceptors (Lipinski definition) is 6. The van der Waals surface area contributed by atoms with Crippen LogP contribution in [0.5, 0.6) is 0 Å². The van der Waals surface area contributed by atoms with Crippen LogP contribution in [0.4, 0.5) is 5.82 Å². The molecule has 21 heavy (non-hydrogen) atoms. The number of aromatic nitrogens is 2. The molecule has 0 aliphatic heterocycles. The lowest BCUT2D eigenvalue weighted by molar-refractivity contribution is 0.319. The molecule has 0 unspecified atom stereocenters.